The summed E-state index contributed by atoms with van der Waals surface area (Å²) in [6.45, 7) is 2.19. The SMILES string of the molecule is CC(=O)NC1CCCOC1SSc1ccc([N+](=O)[O-])cc1. The Morgan fingerprint density at radius 3 is 2.76 bits per heavy atom. The van der Waals surface area contributed by atoms with Crippen LogP contribution in [-0.2, 0) is 9.53 Å². The molecule has 1 aromatic rings. The number of benzene rings is 1. The van der Waals surface area contributed by atoms with Gasteiger partial charge in [0.2, 0.25) is 5.91 Å². The molecule has 2 rings (SSSR count). The first-order valence-electron chi connectivity index (χ1n) is 6.53. The van der Waals surface area contributed by atoms with Gasteiger partial charge < -0.3 is 10.1 Å². The summed E-state index contributed by atoms with van der Waals surface area (Å²) in [5.74, 6) is -0.0589. The molecule has 1 saturated heterocycles. The van der Waals surface area contributed by atoms with E-state index in [-0.39, 0.29) is 23.1 Å². The van der Waals surface area contributed by atoms with Crippen molar-refractivity contribution in [2.45, 2.75) is 36.1 Å². The van der Waals surface area contributed by atoms with Gasteiger partial charge in [-0.2, -0.15) is 0 Å². The first-order chi connectivity index (χ1) is 10.1. The molecule has 114 valence electrons. The average molecular weight is 328 g/mol. The number of non-ortho nitro benzene ring substituents is 1. The number of rotatable bonds is 5. The van der Waals surface area contributed by atoms with E-state index in [1.54, 1.807) is 12.1 Å². The number of ether oxygens (including phenoxy) is 1. The normalized spacial score (nSPS) is 21.8. The highest BCUT2D eigenvalue weighted by molar-refractivity contribution is 8.76. The number of nitrogens with zero attached hydrogens (tertiary/aromatic N) is 1. The summed E-state index contributed by atoms with van der Waals surface area (Å²) in [6, 6.07) is 6.40. The molecule has 2 atom stereocenters. The molecule has 0 spiro atoms. The molecule has 0 aromatic heterocycles. The molecule has 8 heteroatoms. The Balaban J connectivity index is 1.90. The number of nitro benzene ring substituents is 1. The maximum absolute atomic E-state index is 11.2. The molecule has 1 heterocycles. The van der Waals surface area contributed by atoms with E-state index in [1.807, 2.05) is 0 Å². The van der Waals surface area contributed by atoms with E-state index >= 15 is 0 Å². The molecular weight excluding hydrogens is 312 g/mol. The molecule has 1 aromatic carbocycles. The first-order valence-corrected chi connectivity index (χ1v) is 8.74. The summed E-state index contributed by atoms with van der Waals surface area (Å²) in [5, 5.41) is 13.5. The summed E-state index contributed by atoms with van der Waals surface area (Å²) < 4.78 is 5.69. The van der Waals surface area contributed by atoms with E-state index in [4.69, 9.17) is 4.74 Å². The highest BCUT2D eigenvalue weighted by Gasteiger charge is 2.27. The summed E-state index contributed by atoms with van der Waals surface area (Å²) in [4.78, 5) is 22.3. The summed E-state index contributed by atoms with van der Waals surface area (Å²) in [6.07, 6.45) is 1.84. The standard InChI is InChI=1S/C13H16N2O4S2/c1-9(16)14-12-3-2-8-19-13(12)21-20-11-6-4-10(5-7-11)15(17)18/h4-7,12-13H,2-3,8H2,1H3,(H,14,16). The molecule has 0 aliphatic carbocycles. The Kier molecular flexibility index (Phi) is 5.89. The number of carbonyl (C=O) groups excluding carboxylic acids is 1. The molecule has 1 aliphatic rings. The van der Waals surface area contributed by atoms with Crippen LogP contribution in [0.5, 0.6) is 0 Å². The van der Waals surface area contributed by atoms with E-state index < -0.39 is 4.92 Å². The van der Waals surface area contributed by atoms with Crippen LogP contribution < -0.4 is 5.32 Å². The quantitative estimate of drug-likeness (QED) is 0.508. The first kappa shape index (κ1) is 16.1. The Labute approximate surface area is 130 Å². The van der Waals surface area contributed by atoms with Crippen LogP contribution in [0.15, 0.2) is 29.2 Å². The highest BCUT2D eigenvalue weighted by atomic mass is 33.1. The van der Waals surface area contributed by atoms with Crippen LogP contribution in [0.3, 0.4) is 0 Å². The van der Waals surface area contributed by atoms with Crippen LogP contribution in [0.25, 0.3) is 0 Å². The summed E-state index contributed by atoms with van der Waals surface area (Å²) >= 11 is 0. The smallest absolute Gasteiger partial charge is 0.269 e. The van der Waals surface area contributed by atoms with E-state index in [1.165, 1.54) is 40.6 Å². The molecule has 0 radical (unpaired) electrons. The van der Waals surface area contributed by atoms with Crippen LogP contribution in [0, 0.1) is 10.1 Å². The number of nitro groups is 1. The van der Waals surface area contributed by atoms with Crippen molar-refractivity contribution in [2.75, 3.05) is 6.61 Å². The van der Waals surface area contributed by atoms with Crippen molar-refractivity contribution < 1.29 is 14.5 Å². The van der Waals surface area contributed by atoms with E-state index in [9.17, 15) is 14.9 Å². The fourth-order valence-corrected chi connectivity index (χ4v) is 4.44. The number of carbonyl (C=O) groups is 1. The van der Waals surface area contributed by atoms with Gasteiger partial charge in [-0.25, -0.2) is 0 Å². The maximum Gasteiger partial charge on any atom is 0.269 e. The van der Waals surface area contributed by atoms with Crippen LogP contribution in [0.1, 0.15) is 19.8 Å². The lowest BCUT2D eigenvalue weighted by molar-refractivity contribution is -0.384. The Morgan fingerprint density at radius 2 is 2.14 bits per heavy atom. The topological polar surface area (TPSA) is 81.5 Å². The average Bonchev–Trinajstić information content (AvgIpc) is 2.46. The van der Waals surface area contributed by atoms with Crippen molar-refractivity contribution in [3.8, 4) is 0 Å². The highest BCUT2D eigenvalue weighted by Crippen LogP contribution is 2.38. The lowest BCUT2D eigenvalue weighted by atomic mass is 10.1. The monoisotopic (exact) mass is 328 g/mol. The second kappa shape index (κ2) is 7.67. The second-order valence-electron chi connectivity index (χ2n) is 4.62. The fourth-order valence-electron chi connectivity index (χ4n) is 1.98. The van der Waals surface area contributed by atoms with E-state index in [2.05, 4.69) is 5.32 Å². The third kappa shape index (κ3) is 4.90. The van der Waals surface area contributed by atoms with Crippen molar-refractivity contribution in [2.24, 2.45) is 0 Å². The molecule has 1 amide bonds. The predicted octanol–water partition coefficient (Wildman–Crippen LogP) is 2.98. The zero-order chi connectivity index (χ0) is 15.2. The number of hydrogen-bond donors (Lipinski definition) is 1. The zero-order valence-electron chi connectivity index (χ0n) is 11.5. The zero-order valence-corrected chi connectivity index (χ0v) is 13.1. The Bertz CT molecular complexity index is 509. The molecular formula is C13H16N2O4S2. The molecule has 2 unspecified atom stereocenters. The minimum absolute atomic E-state index is 0.00629. The van der Waals surface area contributed by atoms with Gasteiger partial charge in [0, 0.05) is 30.6 Å². The second-order valence-corrected chi connectivity index (χ2v) is 6.99. The minimum Gasteiger partial charge on any atom is -0.365 e. The molecule has 21 heavy (non-hydrogen) atoms. The van der Waals surface area contributed by atoms with E-state index in [0.29, 0.717) is 6.61 Å². The molecule has 1 aliphatic heterocycles. The lowest BCUT2D eigenvalue weighted by Gasteiger charge is -2.31. The minimum atomic E-state index is -0.418. The third-order valence-corrected chi connectivity index (χ3v) is 5.60. The van der Waals surface area contributed by atoms with Crippen molar-refractivity contribution in [1.82, 2.24) is 5.32 Å². The van der Waals surface area contributed by atoms with Gasteiger partial charge in [-0.05, 0) is 25.0 Å². The van der Waals surface area contributed by atoms with Gasteiger partial charge in [0.15, 0.2) is 0 Å². The Morgan fingerprint density at radius 1 is 1.43 bits per heavy atom. The van der Waals surface area contributed by atoms with Crippen molar-refractivity contribution in [1.29, 1.82) is 0 Å². The van der Waals surface area contributed by atoms with Crippen LogP contribution in [-0.4, -0.2) is 28.9 Å². The molecule has 1 N–H and O–H groups in total. The van der Waals surface area contributed by atoms with Gasteiger partial charge >= 0.3 is 0 Å². The van der Waals surface area contributed by atoms with Gasteiger partial charge in [-0.3, -0.25) is 14.9 Å². The van der Waals surface area contributed by atoms with Crippen LogP contribution >= 0.6 is 21.6 Å². The van der Waals surface area contributed by atoms with E-state index in [0.717, 1.165) is 17.7 Å². The fraction of sp³-hybridized carbons (Fsp3) is 0.462. The van der Waals surface area contributed by atoms with Gasteiger partial charge in [0.05, 0.1) is 11.0 Å². The number of hydrogen-bond acceptors (Lipinski definition) is 6. The van der Waals surface area contributed by atoms with Crippen molar-refractivity contribution in [3.63, 3.8) is 0 Å². The maximum atomic E-state index is 11.2. The van der Waals surface area contributed by atoms with Gasteiger partial charge in [0.25, 0.3) is 5.69 Å². The third-order valence-electron chi connectivity index (χ3n) is 2.95. The van der Waals surface area contributed by atoms with Crippen LogP contribution in [0.4, 0.5) is 5.69 Å². The molecule has 0 saturated carbocycles. The lowest BCUT2D eigenvalue weighted by Crippen LogP contribution is -2.44. The predicted molar refractivity (Wildman–Crippen MR) is 83.1 cm³/mol. The molecule has 1 fully saturated rings. The van der Waals surface area contributed by atoms with Crippen molar-refractivity contribution in [3.05, 3.63) is 34.4 Å². The number of amides is 1. The van der Waals surface area contributed by atoms with Gasteiger partial charge in [-0.15, -0.1) is 0 Å². The summed E-state index contributed by atoms with van der Waals surface area (Å²) in [5.41, 5.74) is -0.0303. The number of nitrogens with one attached hydrogen (secondary N) is 1. The Hall–Kier alpha value is -1.25. The van der Waals surface area contributed by atoms with Gasteiger partial charge in [-0.1, -0.05) is 21.6 Å². The van der Waals surface area contributed by atoms with Gasteiger partial charge in [0.1, 0.15) is 5.44 Å². The summed E-state index contributed by atoms with van der Waals surface area (Å²) in [7, 11) is 3.02. The molecule has 0 bridgehead atoms. The van der Waals surface area contributed by atoms with Crippen LogP contribution in [0.2, 0.25) is 0 Å². The van der Waals surface area contributed by atoms with Crippen molar-refractivity contribution >= 4 is 33.2 Å². The molecule has 6 nitrogen and oxygen atoms in total. The largest absolute Gasteiger partial charge is 0.365 e.